The van der Waals surface area contributed by atoms with Crippen LogP contribution >= 0.6 is 0 Å². The van der Waals surface area contributed by atoms with Crippen molar-refractivity contribution in [3.63, 3.8) is 0 Å². The standard InChI is InChI=1S/C114H218N28O4/c1-45-49-87(79-63-99(5,6)129(37)100(7,8)64-79)117-93-59-91(121-139(123-93)143-83-71-107(21,22)133(41)108(23,24)72-83)115-53-55-137(97-61-95(119-89(51-47-3)81-67-103(13,14)131(39)104(15,16)68-81)125-141(127-97)145-85-75-111(29,30)135(43)112(31,32)76-85)57-58-138(98-62-96(120-90(52-48-4)82-69-105(17,18)132(40)106(19,20)70-82)126-142(128-98)146-86-77-113(33,34)136(44)114(35,36)78-86)56-54-116-92-60-94(118-88(50-46-2)80-65-101(9,10)130(38)102(11,12)66-80)124-140(122-92)144-84-73-109(25,26)134(42)110(27,28)74-84/h59-62,79-90,115,118,121,124,127-128H,45-58,63-78H2,1-44H3,(H,116,122)(H,117,123)(H,119,125)(H,120,126). The van der Waals surface area contributed by atoms with Crippen LogP contribution in [-0.2, 0) is 19.4 Å². The summed E-state index contributed by atoms with van der Waals surface area (Å²) in [4.78, 5) is 78.8. The molecule has 12 rings (SSSR count). The quantitative estimate of drug-likeness (QED) is 0.0278. The van der Waals surface area contributed by atoms with E-state index in [1.165, 1.54) is 0 Å². The van der Waals surface area contributed by atoms with Gasteiger partial charge in [-0.3, -0.25) is 122 Å². The zero-order chi connectivity index (χ0) is 108. The summed E-state index contributed by atoms with van der Waals surface area (Å²) in [5.41, 5.74) is 29.2. The van der Waals surface area contributed by atoms with Crippen LogP contribution < -0.4 is 54.0 Å². The molecule has 8 saturated heterocycles. The van der Waals surface area contributed by atoms with Crippen LogP contribution in [0.1, 0.15) is 403 Å². The largest absolute Gasteiger partial charge is 0.369 e. The molecule has 0 bridgehead atoms. The van der Waals surface area contributed by atoms with Crippen molar-refractivity contribution in [2.45, 2.75) is 541 Å². The lowest BCUT2D eigenvalue weighted by Gasteiger charge is -2.55. The van der Waals surface area contributed by atoms with Gasteiger partial charge in [0.1, 0.15) is 46.6 Å². The minimum Gasteiger partial charge on any atom is -0.369 e. The fraction of sp³-hybridized carbons (Fsp3) is 0.895. The number of hydrogen-bond acceptors (Lipinski definition) is 28. The Morgan fingerprint density at radius 3 is 0.795 bits per heavy atom. The lowest BCUT2D eigenvalue weighted by atomic mass is 9.70. The van der Waals surface area contributed by atoms with Crippen molar-refractivity contribution in [3.8, 4) is 0 Å². The Balaban J connectivity index is 1.02. The summed E-state index contributed by atoms with van der Waals surface area (Å²) in [7, 11) is 18.3. The molecule has 0 aromatic heterocycles. The summed E-state index contributed by atoms with van der Waals surface area (Å²) in [6.45, 7) is 88.5. The molecular formula is C114H218N28O4. The van der Waals surface area contributed by atoms with Crippen molar-refractivity contribution >= 4 is 23.3 Å². The Labute approximate surface area is 889 Å². The average Bonchev–Trinajstić information content (AvgIpc) is 0.791. The minimum absolute atomic E-state index is 0.00346. The van der Waals surface area contributed by atoms with Gasteiger partial charge < -0.3 is 20.4 Å². The Morgan fingerprint density at radius 2 is 0.514 bits per heavy atom. The molecule has 12 heterocycles. The fourth-order valence-electron chi connectivity index (χ4n) is 28.8. The van der Waals surface area contributed by atoms with Gasteiger partial charge in [0.15, 0.2) is 0 Å². The molecule has 0 spiro atoms. The van der Waals surface area contributed by atoms with Crippen LogP contribution in [0.3, 0.4) is 0 Å². The Bertz CT molecular complexity index is 4460. The van der Waals surface area contributed by atoms with Crippen LogP contribution in [0.4, 0.5) is 0 Å². The average molecular weight is 2050 g/mol. The molecule has 146 heavy (non-hydrogen) atoms. The topological polar surface area (TPSA) is 252 Å². The first kappa shape index (κ1) is 119. The highest BCUT2D eigenvalue weighted by molar-refractivity contribution is 5.95. The second kappa shape index (κ2) is 44.8. The van der Waals surface area contributed by atoms with Crippen molar-refractivity contribution in [3.05, 3.63) is 47.6 Å². The van der Waals surface area contributed by atoms with E-state index in [0.29, 0.717) is 68.8 Å². The smallest absolute Gasteiger partial charge is 0.142 e. The summed E-state index contributed by atoms with van der Waals surface area (Å²) in [6, 6.07) is 0.264. The molecule has 32 heteroatoms. The maximum absolute atomic E-state index is 7.53. The second-order valence-corrected chi connectivity index (χ2v) is 57.3. The molecule has 10 N–H and O–H groups in total. The maximum atomic E-state index is 7.53. The Hall–Kier alpha value is -5.40. The first-order valence-corrected chi connectivity index (χ1v) is 57.2. The molecule has 0 aromatic carbocycles. The monoisotopic (exact) mass is 2040 g/mol. The van der Waals surface area contributed by atoms with E-state index < -0.39 is 0 Å². The van der Waals surface area contributed by atoms with Gasteiger partial charge in [0, 0.05) is 152 Å². The molecule has 12 aliphatic rings. The predicted octanol–water partition coefficient (Wildman–Crippen LogP) is 17.6. The second-order valence-electron chi connectivity index (χ2n) is 57.3. The molecule has 4 atom stereocenters. The third kappa shape index (κ3) is 28.5. The van der Waals surface area contributed by atoms with E-state index in [-0.39, 0.29) is 137 Å². The number of rotatable bonds is 37. The zero-order valence-electron chi connectivity index (χ0n) is 101. The lowest BCUT2D eigenvalue weighted by Crippen LogP contribution is -2.64. The molecule has 838 valence electrons. The molecule has 8 fully saturated rings. The van der Waals surface area contributed by atoms with Gasteiger partial charge in [-0.1, -0.05) is 53.4 Å². The van der Waals surface area contributed by atoms with Crippen LogP contribution in [0.15, 0.2) is 67.6 Å². The van der Waals surface area contributed by atoms with Crippen molar-refractivity contribution in [2.75, 3.05) is 95.6 Å². The molecule has 12 aliphatic heterocycles. The van der Waals surface area contributed by atoms with E-state index in [2.05, 4.69) is 433 Å². The number of hydrogen-bond donors (Lipinski definition) is 10. The molecule has 32 nitrogen and oxygen atoms in total. The van der Waals surface area contributed by atoms with Gasteiger partial charge in [0.25, 0.3) is 0 Å². The molecule has 4 unspecified atom stereocenters. The van der Waals surface area contributed by atoms with E-state index in [4.69, 9.17) is 39.3 Å². The number of amidine groups is 4. The van der Waals surface area contributed by atoms with Crippen molar-refractivity contribution in [2.24, 2.45) is 43.6 Å². The fourth-order valence-corrected chi connectivity index (χ4v) is 28.8. The summed E-state index contributed by atoms with van der Waals surface area (Å²) >= 11 is 0. The van der Waals surface area contributed by atoms with Gasteiger partial charge in [0.2, 0.25) is 0 Å². The summed E-state index contributed by atoms with van der Waals surface area (Å²) < 4.78 is 0. The van der Waals surface area contributed by atoms with E-state index in [1.54, 1.807) is 10.6 Å². The van der Waals surface area contributed by atoms with Crippen molar-refractivity contribution in [1.29, 1.82) is 0 Å². The molecule has 0 radical (unpaired) electrons. The highest BCUT2D eigenvalue weighted by atomic mass is 16.8. The van der Waals surface area contributed by atoms with Crippen molar-refractivity contribution in [1.82, 2.24) is 124 Å². The summed E-state index contributed by atoms with van der Waals surface area (Å²) in [6.07, 6.45) is 31.1. The van der Waals surface area contributed by atoms with Crippen LogP contribution in [0.2, 0.25) is 0 Å². The van der Waals surface area contributed by atoms with Gasteiger partial charge in [-0.05, 0) is 451 Å². The molecule has 0 saturated carbocycles. The third-order valence-corrected chi connectivity index (χ3v) is 38.8. The first-order chi connectivity index (χ1) is 67.2. The predicted molar refractivity (Wildman–Crippen MR) is 603 cm³/mol. The summed E-state index contributed by atoms with van der Waals surface area (Å²) in [5.74, 6) is 7.68. The van der Waals surface area contributed by atoms with Crippen LogP contribution in [0, 0.1) is 23.7 Å². The number of aliphatic imine (C=N–C) groups is 4. The normalized spacial score (nSPS) is 29.5. The third-order valence-electron chi connectivity index (χ3n) is 38.8. The molecule has 0 aliphatic carbocycles. The number of piperidine rings is 8. The number of nitrogens with zero attached hydrogens (tertiary/aromatic N) is 18. The highest BCUT2D eigenvalue weighted by Crippen LogP contribution is 2.50. The number of likely N-dealkylation sites (tertiary alicyclic amines) is 8. The maximum Gasteiger partial charge on any atom is 0.142 e. The van der Waals surface area contributed by atoms with Crippen LogP contribution in [-0.4, -0.2) is 326 Å². The van der Waals surface area contributed by atoms with Gasteiger partial charge in [0.05, 0.1) is 49.1 Å². The van der Waals surface area contributed by atoms with Gasteiger partial charge >= 0.3 is 0 Å². The van der Waals surface area contributed by atoms with Crippen LogP contribution in [0.25, 0.3) is 0 Å². The Morgan fingerprint density at radius 1 is 0.281 bits per heavy atom. The van der Waals surface area contributed by atoms with Gasteiger partial charge in [-0.2, -0.15) is 0 Å². The number of hydrazine groups is 8. The van der Waals surface area contributed by atoms with E-state index in [9.17, 15) is 0 Å². The zero-order valence-corrected chi connectivity index (χ0v) is 101. The Kier molecular flexibility index (Phi) is 36.6. The number of nitrogens with one attached hydrogen (secondary N) is 10. The molecular weight excluding hydrogens is 1830 g/mol. The van der Waals surface area contributed by atoms with E-state index in [1.807, 2.05) is 10.6 Å². The van der Waals surface area contributed by atoms with Crippen molar-refractivity contribution < 1.29 is 19.4 Å². The molecule has 0 amide bonds. The highest BCUT2D eigenvalue weighted by Gasteiger charge is 2.55. The lowest BCUT2D eigenvalue weighted by molar-refractivity contribution is -0.272. The van der Waals surface area contributed by atoms with E-state index >= 15 is 0 Å². The van der Waals surface area contributed by atoms with Gasteiger partial charge in [-0.15, -0.1) is 0 Å². The van der Waals surface area contributed by atoms with E-state index in [0.717, 1.165) is 195 Å². The summed E-state index contributed by atoms with van der Waals surface area (Å²) in [5, 5.41) is 15.4. The minimum atomic E-state index is -0.170. The first-order valence-electron chi connectivity index (χ1n) is 57.2. The van der Waals surface area contributed by atoms with Crippen LogP contribution in [0.5, 0.6) is 0 Å². The SMILES string of the molecule is CCCC(N=C1C=C(NCCN(CCN(CCN=C2C=C(NC(CCC)C3CC(C)(C)N(C)C(C)(C)C3)NN(OC3CC(C)(C)N(C)C(C)(C)C3)N2)C2=CC(=NC(CCC)C3CC(C)(C)N(C)C(C)(C)C3)NN(OC3CC(C)(C)N(C)C(C)(C)C3)N2)C2=CC(=NC(CCC)C3CC(C)(C)N(C)C(C)(C)C3)NN(OC3CC(C)(C)N(C)C(C)(C)C3)N2)NN(OC2CC(C)(C)N(C)C(C)(C)C2)N1)C1CC(C)(C)N(C)C(C)(C)C1. The van der Waals surface area contributed by atoms with Gasteiger partial charge in [-0.25, -0.2) is 0 Å². The molecule has 0 aromatic rings.